The fourth-order valence-electron chi connectivity index (χ4n) is 6.69. The lowest BCUT2D eigenvalue weighted by Gasteiger charge is -2.38. The van der Waals surface area contributed by atoms with Gasteiger partial charge in [0.1, 0.15) is 11.0 Å². The molecule has 0 N–H and O–H groups in total. The molecule has 1 aliphatic carbocycles. The Morgan fingerprint density at radius 2 is 1.72 bits per heavy atom. The van der Waals surface area contributed by atoms with Crippen molar-refractivity contribution in [3.63, 3.8) is 0 Å². The van der Waals surface area contributed by atoms with Gasteiger partial charge in [0.05, 0.1) is 16.5 Å². The first kappa shape index (κ1) is 27.8. The summed E-state index contributed by atoms with van der Waals surface area (Å²) in [5.74, 6) is 0.854. The van der Waals surface area contributed by atoms with Crippen molar-refractivity contribution < 1.29 is 4.21 Å². The van der Waals surface area contributed by atoms with E-state index < -0.39 is 11.0 Å². The summed E-state index contributed by atoms with van der Waals surface area (Å²) in [6.07, 6.45) is 9.73. The van der Waals surface area contributed by atoms with Gasteiger partial charge in [0, 0.05) is 19.0 Å². The molecule has 1 heterocycles. The first-order valence-electron chi connectivity index (χ1n) is 14.5. The fourth-order valence-corrected chi connectivity index (χ4v) is 7.78. The first-order chi connectivity index (χ1) is 19.1. The number of hydrogen-bond donors (Lipinski definition) is 0. The lowest BCUT2D eigenvalue weighted by molar-refractivity contribution is 0.158. The second kappa shape index (κ2) is 13.0. The third-order valence-electron chi connectivity index (χ3n) is 8.99. The number of benzene rings is 3. The Morgan fingerprint density at radius 3 is 2.46 bits per heavy atom. The number of likely N-dealkylation sites (tertiary alicyclic amines) is 1. The molecule has 3 aromatic rings. The van der Waals surface area contributed by atoms with E-state index in [0.717, 1.165) is 43.2 Å². The van der Waals surface area contributed by atoms with Crippen LogP contribution < -0.4 is 0 Å². The molecule has 5 rings (SSSR count). The quantitative estimate of drug-likeness (QED) is 0.279. The molecule has 2 aliphatic rings. The zero-order chi connectivity index (χ0) is 27.1. The molecule has 5 heteroatoms. The van der Waals surface area contributed by atoms with E-state index in [2.05, 4.69) is 65.6 Å². The maximum absolute atomic E-state index is 13.4. The molecule has 0 spiro atoms. The maximum Gasteiger partial charge on any atom is 0.127 e. The molecule has 2 unspecified atom stereocenters. The number of aryl methyl sites for hydroxylation is 2. The zero-order valence-corrected chi connectivity index (χ0v) is 24.0. The number of fused-ring (bicyclic) bond motifs is 1. The Labute approximate surface area is 237 Å². The van der Waals surface area contributed by atoms with Crippen LogP contribution in [0, 0.1) is 17.2 Å². The van der Waals surface area contributed by atoms with Crippen LogP contribution in [-0.2, 0) is 29.2 Å². The van der Waals surface area contributed by atoms with E-state index in [-0.39, 0.29) is 5.41 Å². The molecule has 0 saturated carbocycles. The molecule has 204 valence electrons. The van der Waals surface area contributed by atoms with Crippen LogP contribution >= 0.6 is 0 Å². The molecular formula is C34H41N3OS. The molecule has 2 atom stereocenters. The lowest BCUT2D eigenvalue weighted by Crippen LogP contribution is -2.42. The van der Waals surface area contributed by atoms with Crippen LogP contribution in [-0.4, -0.2) is 46.6 Å². The van der Waals surface area contributed by atoms with E-state index in [1.807, 2.05) is 23.5 Å². The average molecular weight is 540 g/mol. The van der Waals surface area contributed by atoms with Gasteiger partial charge in [-0.2, -0.15) is 5.26 Å². The van der Waals surface area contributed by atoms with Crippen LogP contribution in [0.1, 0.15) is 60.8 Å². The van der Waals surface area contributed by atoms with Crippen molar-refractivity contribution in [3.8, 4) is 6.07 Å². The highest BCUT2D eigenvalue weighted by atomic mass is 32.2. The van der Waals surface area contributed by atoms with Crippen LogP contribution in [0.15, 0.2) is 83.8 Å². The van der Waals surface area contributed by atoms with Crippen molar-refractivity contribution in [2.45, 2.75) is 61.7 Å². The minimum absolute atomic E-state index is 0.0140. The fraction of sp³-hybridized carbons (Fsp3) is 0.441. The Balaban J connectivity index is 1.18. The minimum atomic E-state index is -1.26. The van der Waals surface area contributed by atoms with E-state index in [9.17, 15) is 4.21 Å². The van der Waals surface area contributed by atoms with E-state index in [1.54, 1.807) is 12.1 Å². The Bertz CT molecular complexity index is 1280. The second-order valence-electron chi connectivity index (χ2n) is 11.5. The van der Waals surface area contributed by atoms with Gasteiger partial charge in [0.25, 0.3) is 0 Å². The summed E-state index contributed by atoms with van der Waals surface area (Å²) in [4.78, 5) is 3.43. The van der Waals surface area contributed by atoms with Gasteiger partial charge in [-0.05, 0) is 111 Å². The molecule has 0 bridgehead atoms. The van der Waals surface area contributed by atoms with Gasteiger partial charge < -0.3 is 4.90 Å². The van der Waals surface area contributed by atoms with Gasteiger partial charge in [0.15, 0.2) is 0 Å². The number of nitriles is 1. The van der Waals surface area contributed by atoms with Crippen molar-refractivity contribution in [1.82, 2.24) is 9.21 Å². The lowest BCUT2D eigenvalue weighted by atomic mass is 9.78. The summed E-state index contributed by atoms with van der Waals surface area (Å²) in [6.45, 7) is 4.26. The second-order valence-corrected chi connectivity index (χ2v) is 13.1. The van der Waals surface area contributed by atoms with E-state index in [1.165, 1.54) is 61.9 Å². The third-order valence-corrected chi connectivity index (χ3v) is 10.4. The van der Waals surface area contributed by atoms with Crippen molar-refractivity contribution >= 4 is 11.0 Å². The van der Waals surface area contributed by atoms with Crippen LogP contribution in [0.25, 0.3) is 0 Å². The molecule has 0 radical (unpaired) electrons. The minimum Gasteiger partial charge on any atom is -0.303 e. The predicted molar refractivity (Wildman–Crippen MR) is 160 cm³/mol. The SMILES string of the molecule is CN(CC1(CCN2CCC(CCCc3ccccc3)CC2)CCc2ccccc21)S(=O)c1ccc(C#N)cc1. The summed E-state index contributed by atoms with van der Waals surface area (Å²) >= 11 is 0. The molecule has 1 saturated heterocycles. The van der Waals surface area contributed by atoms with Crippen LogP contribution in [0.2, 0.25) is 0 Å². The molecule has 4 nitrogen and oxygen atoms in total. The number of likely N-dealkylation sites (N-methyl/N-ethyl adjacent to an activating group) is 1. The average Bonchev–Trinajstić information content (AvgIpc) is 3.35. The highest BCUT2D eigenvalue weighted by molar-refractivity contribution is 7.82. The van der Waals surface area contributed by atoms with Crippen molar-refractivity contribution in [3.05, 3.63) is 101 Å². The Morgan fingerprint density at radius 1 is 1.00 bits per heavy atom. The third kappa shape index (κ3) is 6.87. The summed E-state index contributed by atoms with van der Waals surface area (Å²) in [7, 11) is 0.727. The maximum atomic E-state index is 13.4. The molecule has 39 heavy (non-hydrogen) atoms. The smallest absolute Gasteiger partial charge is 0.127 e. The van der Waals surface area contributed by atoms with Gasteiger partial charge in [-0.1, -0.05) is 61.0 Å². The molecule has 3 aromatic carbocycles. The standard InChI is InChI=1S/C34H41N3OS/c1-36(39(38)32-16-14-30(26-35)15-17-32)27-34(21-18-31-12-5-6-13-33(31)34)22-25-37-23-19-29(20-24-37)11-7-10-28-8-3-2-4-9-28/h2-6,8-9,12-17,29H,7,10-11,18-25,27H2,1H3. The van der Waals surface area contributed by atoms with Crippen molar-refractivity contribution in [2.24, 2.45) is 5.92 Å². The molecule has 0 amide bonds. The summed E-state index contributed by atoms with van der Waals surface area (Å²) in [5.41, 5.74) is 4.97. The Kier molecular flexibility index (Phi) is 9.29. The topological polar surface area (TPSA) is 47.3 Å². The number of piperidine rings is 1. The molecule has 1 fully saturated rings. The number of nitrogens with zero attached hydrogens (tertiary/aromatic N) is 3. The number of rotatable bonds is 11. The number of hydrogen-bond acceptors (Lipinski definition) is 3. The van der Waals surface area contributed by atoms with E-state index in [0.29, 0.717) is 5.56 Å². The van der Waals surface area contributed by atoms with E-state index in [4.69, 9.17) is 5.26 Å². The summed E-state index contributed by atoms with van der Waals surface area (Å²) < 4.78 is 15.5. The highest BCUT2D eigenvalue weighted by Gasteiger charge is 2.40. The zero-order valence-electron chi connectivity index (χ0n) is 23.2. The largest absolute Gasteiger partial charge is 0.303 e. The molecule has 1 aliphatic heterocycles. The summed E-state index contributed by atoms with van der Waals surface area (Å²) in [5, 5.41) is 9.11. The van der Waals surface area contributed by atoms with Gasteiger partial charge in [-0.15, -0.1) is 0 Å². The van der Waals surface area contributed by atoms with Crippen LogP contribution in [0.5, 0.6) is 0 Å². The monoisotopic (exact) mass is 539 g/mol. The molecule has 0 aromatic heterocycles. The van der Waals surface area contributed by atoms with Gasteiger partial charge in [0.2, 0.25) is 0 Å². The van der Waals surface area contributed by atoms with Crippen molar-refractivity contribution in [1.29, 1.82) is 5.26 Å². The normalized spacial score (nSPS) is 20.5. The van der Waals surface area contributed by atoms with E-state index >= 15 is 0 Å². The van der Waals surface area contributed by atoms with Crippen molar-refractivity contribution in [2.75, 3.05) is 33.2 Å². The highest BCUT2D eigenvalue weighted by Crippen LogP contribution is 2.43. The van der Waals surface area contributed by atoms with Gasteiger partial charge in [-0.25, -0.2) is 8.51 Å². The molecular weight excluding hydrogens is 498 g/mol. The van der Waals surface area contributed by atoms with Crippen LogP contribution in [0.3, 0.4) is 0 Å². The predicted octanol–water partition coefficient (Wildman–Crippen LogP) is 6.52. The summed E-state index contributed by atoms with van der Waals surface area (Å²) in [6, 6.07) is 29.1. The Hall–Kier alpha value is -2.78. The first-order valence-corrected chi connectivity index (χ1v) is 15.6. The van der Waals surface area contributed by atoms with Gasteiger partial charge in [-0.3, -0.25) is 0 Å². The van der Waals surface area contributed by atoms with Gasteiger partial charge >= 0.3 is 0 Å². The van der Waals surface area contributed by atoms with Crippen LogP contribution in [0.4, 0.5) is 0 Å².